The Balaban J connectivity index is 0.00000400. The van der Waals surface area contributed by atoms with E-state index in [9.17, 15) is 15.3 Å². The van der Waals surface area contributed by atoms with Crippen LogP contribution < -0.4 is 6.15 Å². The topological polar surface area (TPSA) is 95.7 Å². The summed E-state index contributed by atoms with van der Waals surface area (Å²) in [5, 5.41) is 28.7. The molecular weight excluding hydrogens is 302 g/mol. The smallest absolute Gasteiger partial charge is 0.344 e. The molecule has 0 heterocycles. The molecule has 1 aliphatic rings. The van der Waals surface area contributed by atoms with E-state index in [1.54, 1.807) is 0 Å². The Bertz CT molecular complexity index is 410. The summed E-state index contributed by atoms with van der Waals surface area (Å²) in [6.45, 7) is 11.5. The molecule has 21 heavy (non-hydrogen) atoms. The number of aliphatic hydroxyl groups excluding tert-OH is 3. The summed E-state index contributed by atoms with van der Waals surface area (Å²) in [7, 11) is 0. The van der Waals surface area contributed by atoms with E-state index in [0.29, 0.717) is 0 Å². The van der Waals surface area contributed by atoms with Crippen LogP contribution in [0.25, 0.3) is 0 Å². The van der Waals surface area contributed by atoms with Crippen molar-refractivity contribution in [2.24, 2.45) is 5.41 Å². The van der Waals surface area contributed by atoms with Crippen LogP contribution in [0.3, 0.4) is 0 Å². The molecule has 0 aromatic rings. The minimum absolute atomic E-state index is 0. The van der Waals surface area contributed by atoms with E-state index in [1.165, 1.54) is 20.6 Å². The van der Waals surface area contributed by atoms with Gasteiger partial charge in [0.05, 0.1) is 0 Å². The van der Waals surface area contributed by atoms with Gasteiger partial charge in [-0.15, -0.1) is 0 Å². The molecule has 1 rings (SSSR count). The first-order valence-corrected chi connectivity index (χ1v) is 11.6. The van der Waals surface area contributed by atoms with Gasteiger partial charge in [0.1, 0.15) is 0 Å². The van der Waals surface area contributed by atoms with Crippen molar-refractivity contribution in [2.45, 2.75) is 48.8 Å². The second kappa shape index (κ2) is 8.05. The minimum Gasteiger partial charge on any atom is -0.344 e. The van der Waals surface area contributed by atoms with Crippen molar-refractivity contribution in [1.29, 1.82) is 0 Å². The average molecular weight is 335 g/mol. The van der Waals surface area contributed by atoms with E-state index in [0.717, 1.165) is 14.2 Å². The fraction of sp³-hybridized carbons (Fsp3) is 0.750. The first-order chi connectivity index (χ1) is 9.28. The van der Waals surface area contributed by atoms with Crippen LogP contribution in [0.1, 0.15) is 34.6 Å². The molecule has 0 amide bonds. The van der Waals surface area contributed by atoms with E-state index in [1.807, 2.05) is 0 Å². The van der Waals surface area contributed by atoms with Gasteiger partial charge in [-0.25, -0.2) is 0 Å². The molecule has 0 saturated heterocycles. The number of aliphatic hydroxyl groups is 3. The van der Waals surface area contributed by atoms with Crippen LogP contribution in [0, 0.1) is 5.41 Å². The largest absolute Gasteiger partial charge is 0.344 e. The van der Waals surface area contributed by atoms with Crippen LogP contribution in [-0.2, 0) is 16.6 Å². The van der Waals surface area contributed by atoms with Gasteiger partial charge in [0.15, 0.2) is 0 Å². The monoisotopic (exact) mass is 335 g/mol. The van der Waals surface area contributed by atoms with Crippen molar-refractivity contribution in [3.8, 4) is 0 Å². The fourth-order valence-electron chi connectivity index (χ4n) is 4.05. The van der Waals surface area contributed by atoms with Gasteiger partial charge in [-0.2, -0.15) is 0 Å². The molecule has 0 bridgehead atoms. The Kier molecular flexibility index (Phi) is 8.06. The van der Waals surface area contributed by atoms with Gasteiger partial charge in [-0.3, -0.25) is 0 Å². The normalized spacial score (nSPS) is 18.3. The zero-order valence-corrected chi connectivity index (χ0v) is 15.9. The van der Waals surface area contributed by atoms with Crippen LogP contribution in [0.2, 0.25) is 14.2 Å². The molecule has 0 atom stereocenters. The van der Waals surface area contributed by atoms with Crippen LogP contribution in [0.5, 0.6) is 0 Å². The molecular formula is C16H33NO3Ti. The predicted molar refractivity (Wildman–Crippen MR) is 85.6 cm³/mol. The third-order valence-corrected chi connectivity index (χ3v) is 14.1. The molecule has 0 spiro atoms. The first kappa shape index (κ1) is 21.0. The van der Waals surface area contributed by atoms with Gasteiger partial charge in [-0.05, 0) is 0 Å². The summed E-state index contributed by atoms with van der Waals surface area (Å²) >= 11 is -2.67. The van der Waals surface area contributed by atoms with E-state index in [4.69, 9.17) is 0 Å². The Labute approximate surface area is 132 Å². The molecule has 0 fully saturated rings. The van der Waals surface area contributed by atoms with Crippen LogP contribution in [0.4, 0.5) is 0 Å². The van der Waals surface area contributed by atoms with Gasteiger partial charge in [0.2, 0.25) is 0 Å². The second-order valence-corrected chi connectivity index (χ2v) is 13.7. The van der Waals surface area contributed by atoms with Crippen molar-refractivity contribution < 1.29 is 31.9 Å². The molecule has 0 aromatic carbocycles. The van der Waals surface area contributed by atoms with Gasteiger partial charge in [-0.1, -0.05) is 0 Å². The van der Waals surface area contributed by atoms with E-state index >= 15 is 0 Å². The maximum atomic E-state index is 9.55. The molecule has 0 saturated carbocycles. The average Bonchev–Trinajstić information content (AvgIpc) is 2.51. The van der Waals surface area contributed by atoms with Crippen LogP contribution in [-0.4, -0.2) is 35.1 Å². The minimum atomic E-state index is -2.67. The summed E-state index contributed by atoms with van der Waals surface area (Å²) in [4.78, 5) is 0. The number of allylic oxidation sites excluding steroid dienone is 4. The van der Waals surface area contributed by atoms with Gasteiger partial charge in [0.25, 0.3) is 0 Å². The Hall–Kier alpha value is 0.0343. The molecule has 0 aromatic heterocycles. The van der Waals surface area contributed by atoms with Crippen molar-refractivity contribution in [1.82, 2.24) is 6.15 Å². The molecule has 0 radical (unpaired) electrons. The third kappa shape index (κ3) is 3.69. The van der Waals surface area contributed by atoms with E-state index in [-0.39, 0.29) is 31.4 Å². The third-order valence-electron chi connectivity index (χ3n) is 5.36. The molecule has 0 unspecified atom stereocenters. The molecule has 6 N–H and O–H groups in total. The van der Waals surface area contributed by atoms with Crippen LogP contribution >= 0.6 is 0 Å². The van der Waals surface area contributed by atoms with Gasteiger partial charge >= 0.3 is 127 Å². The van der Waals surface area contributed by atoms with Crippen molar-refractivity contribution in [3.63, 3.8) is 0 Å². The summed E-state index contributed by atoms with van der Waals surface area (Å²) in [6, 6.07) is 0. The molecule has 0 aliphatic heterocycles. The van der Waals surface area contributed by atoms with Crippen molar-refractivity contribution in [3.05, 3.63) is 20.6 Å². The SMILES string of the molecule is CC1=C(C)C(C)(C)[C]([Ti]([CH2]CO)([CH2]CO)[CH2]CO)=C1C.N. The summed E-state index contributed by atoms with van der Waals surface area (Å²) in [6.07, 6.45) is 0. The maximum Gasteiger partial charge on any atom is -0.344 e. The van der Waals surface area contributed by atoms with Crippen molar-refractivity contribution in [2.75, 3.05) is 19.8 Å². The summed E-state index contributed by atoms with van der Waals surface area (Å²) < 4.78 is 3.80. The van der Waals surface area contributed by atoms with E-state index < -0.39 is 16.6 Å². The Morgan fingerprint density at radius 2 is 1.19 bits per heavy atom. The first-order valence-electron chi connectivity index (χ1n) is 7.51. The number of hydrogen-bond acceptors (Lipinski definition) is 4. The zero-order valence-electron chi connectivity index (χ0n) is 14.3. The molecule has 5 heteroatoms. The second-order valence-electron chi connectivity index (χ2n) is 6.58. The summed E-state index contributed by atoms with van der Waals surface area (Å²) in [5.41, 5.74) is 4.11. The quantitative estimate of drug-likeness (QED) is 0.537. The molecule has 1 aliphatic carbocycles. The number of hydrogen-bond donors (Lipinski definition) is 4. The zero-order chi connectivity index (χ0) is 15.6. The molecule has 4 nitrogen and oxygen atoms in total. The van der Waals surface area contributed by atoms with Gasteiger partial charge in [0, 0.05) is 0 Å². The Morgan fingerprint density at radius 1 is 0.810 bits per heavy atom. The summed E-state index contributed by atoms with van der Waals surface area (Å²) in [5.74, 6) is 0. The number of rotatable bonds is 7. The maximum absolute atomic E-state index is 9.55. The standard InChI is InChI=1S/C10H15.3C2H5O.H3N.Ti/c1-7-6-10(4,5)9(3)8(7)2;3*1-2-3;;/h1-5H3;3*3H,1-2H2;1H3;. The van der Waals surface area contributed by atoms with Crippen molar-refractivity contribution >= 4 is 0 Å². The van der Waals surface area contributed by atoms with Gasteiger partial charge < -0.3 is 6.15 Å². The van der Waals surface area contributed by atoms with E-state index in [2.05, 4.69) is 34.6 Å². The van der Waals surface area contributed by atoms with Crippen LogP contribution in [0.15, 0.2) is 20.6 Å². The fourth-order valence-corrected chi connectivity index (χ4v) is 12.3. The Morgan fingerprint density at radius 3 is 1.43 bits per heavy atom. The predicted octanol–water partition coefficient (Wildman–Crippen LogP) is 3.18. The molecule has 124 valence electrons.